The molecule has 1 heterocycles. The van der Waals surface area contributed by atoms with Crippen LogP contribution in [0.3, 0.4) is 0 Å². The molecule has 2 atom stereocenters. The standard InChI is InChI=1S/C22H26N6.C5H9N/c1-6-7-8-9-16(25-4)12-17(21(24)22(26-5)15(3)23)20-14(2)10-11-19-18(20)13-27-28-19;1-2-4-3-5(4)6/h7-13H,3-6,23-24H2,1-2H3,(H,27,28);2,4-5H,1,3,6H2/b8-7-,16-9-,17-12-,22-21+;. The summed E-state index contributed by atoms with van der Waals surface area (Å²) in [5.74, 6) is 0.644. The van der Waals surface area contributed by atoms with Gasteiger partial charge in [0.15, 0.2) is 0 Å². The average Bonchev–Trinajstić information content (AvgIpc) is 3.33. The maximum Gasteiger partial charge on any atom is 0.108 e. The van der Waals surface area contributed by atoms with Crippen molar-refractivity contribution in [2.45, 2.75) is 32.7 Å². The fourth-order valence-electron chi connectivity index (χ4n) is 3.36. The highest BCUT2D eigenvalue weighted by atomic mass is 15.1. The molecule has 7 N–H and O–H groups in total. The number of aryl methyl sites for hydroxylation is 1. The lowest BCUT2D eigenvalue weighted by Crippen LogP contribution is -2.10. The van der Waals surface area contributed by atoms with Gasteiger partial charge in [0, 0.05) is 17.0 Å². The smallest absolute Gasteiger partial charge is 0.108 e. The minimum absolute atomic E-state index is 0.235. The predicted molar refractivity (Wildman–Crippen MR) is 146 cm³/mol. The van der Waals surface area contributed by atoms with Gasteiger partial charge in [0.2, 0.25) is 0 Å². The average molecular weight is 458 g/mol. The zero-order valence-corrected chi connectivity index (χ0v) is 20.1. The number of nitrogens with zero attached hydrogens (tertiary/aromatic N) is 3. The second-order valence-corrected chi connectivity index (χ2v) is 7.98. The van der Waals surface area contributed by atoms with Gasteiger partial charge in [-0.25, -0.2) is 0 Å². The minimum atomic E-state index is 0.235. The van der Waals surface area contributed by atoms with E-state index in [0.29, 0.717) is 34.6 Å². The van der Waals surface area contributed by atoms with Crippen LogP contribution < -0.4 is 17.2 Å². The van der Waals surface area contributed by atoms with Crippen molar-refractivity contribution in [2.75, 3.05) is 0 Å². The molecule has 1 fully saturated rings. The van der Waals surface area contributed by atoms with E-state index in [9.17, 15) is 0 Å². The summed E-state index contributed by atoms with van der Waals surface area (Å²) in [6, 6.07) is 4.42. The molecule has 1 aliphatic rings. The number of allylic oxidation sites excluding steroid dienone is 5. The summed E-state index contributed by atoms with van der Waals surface area (Å²) in [4.78, 5) is 8.09. The SMILES string of the molecule is C=CC1CC1N.C=NC(=C\C=C/CC)/C=C(\C(N)=C(/N=C)C(=C)N)c1c(C)ccc2[nH]ncc12. The van der Waals surface area contributed by atoms with Crippen LogP contribution in [0.1, 0.15) is 30.9 Å². The summed E-state index contributed by atoms with van der Waals surface area (Å²) in [5, 5.41) is 8.06. The van der Waals surface area contributed by atoms with Crippen molar-refractivity contribution < 1.29 is 0 Å². The number of nitrogens with two attached hydrogens (primary N) is 3. The van der Waals surface area contributed by atoms with Gasteiger partial charge in [-0.3, -0.25) is 15.1 Å². The van der Waals surface area contributed by atoms with E-state index in [0.717, 1.165) is 34.9 Å². The molecule has 0 aliphatic heterocycles. The Kier molecular flexibility index (Phi) is 9.52. The van der Waals surface area contributed by atoms with Crippen molar-refractivity contribution in [2.24, 2.45) is 33.1 Å². The van der Waals surface area contributed by atoms with Crippen molar-refractivity contribution in [1.82, 2.24) is 10.2 Å². The van der Waals surface area contributed by atoms with E-state index >= 15 is 0 Å². The Morgan fingerprint density at radius 2 is 1.97 bits per heavy atom. The van der Waals surface area contributed by atoms with Crippen molar-refractivity contribution in [3.8, 4) is 0 Å². The molecule has 178 valence electrons. The number of nitrogens with one attached hydrogen (secondary N) is 1. The summed E-state index contributed by atoms with van der Waals surface area (Å²) in [6.45, 7) is 18.7. The first-order chi connectivity index (χ1) is 16.3. The monoisotopic (exact) mass is 457 g/mol. The highest BCUT2D eigenvalue weighted by molar-refractivity contribution is 5.98. The number of hydrogen-bond acceptors (Lipinski definition) is 6. The third-order valence-electron chi connectivity index (χ3n) is 5.42. The van der Waals surface area contributed by atoms with Crippen LogP contribution in [0.5, 0.6) is 0 Å². The normalized spacial score (nSPS) is 18.7. The summed E-state index contributed by atoms with van der Waals surface area (Å²) in [7, 11) is 0. The Bertz CT molecular complexity index is 1190. The van der Waals surface area contributed by atoms with E-state index in [2.05, 4.69) is 53.7 Å². The van der Waals surface area contributed by atoms with E-state index in [-0.39, 0.29) is 5.70 Å². The lowest BCUT2D eigenvalue weighted by Gasteiger charge is -2.16. The topological polar surface area (TPSA) is 131 Å². The second-order valence-electron chi connectivity index (χ2n) is 7.98. The fraction of sp³-hybridized carbons (Fsp3) is 0.222. The number of H-pyrrole nitrogens is 1. The second kappa shape index (κ2) is 12.3. The molecule has 0 amide bonds. The first-order valence-corrected chi connectivity index (χ1v) is 11.1. The molecule has 0 radical (unpaired) electrons. The van der Waals surface area contributed by atoms with Gasteiger partial charge in [-0.2, -0.15) is 5.10 Å². The maximum absolute atomic E-state index is 6.49. The zero-order chi connectivity index (χ0) is 25.3. The largest absolute Gasteiger partial charge is 0.397 e. The molecule has 7 nitrogen and oxygen atoms in total. The molecule has 2 aromatic rings. The Morgan fingerprint density at radius 1 is 1.26 bits per heavy atom. The van der Waals surface area contributed by atoms with Crippen LogP contribution in [0.25, 0.3) is 16.5 Å². The quantitative estimate of drug-likeness (QED) is 0.247. The van der Waals surface area contributed by atoms with Crippen LogP contribution in [-0.2, 0) is 0 Å². The molecule has 1 aromatic carbocycles. The van der Waals surface area contributed by atoms with Gasteiger partial charge in [-0.05, 0) is 68.5 Å². The Balaban J connectivity index is 0.000000589. The molecular weight excluding hydrogens is 422 g/mol. The van der Waals surface area contributed by atoms with Crippen LogP contribution in [0.2, 0.25) is 0 Å². The molecule has 0 bridgehead atoms. The van der Waals surface area contributed by atoms with E-state index in [4.69, 9.17) is 17.2 Å². The van der Waals surface area contributed by atoms with Crippen LogP contribution in [-0.4, -0.2) is 29.7 Å². The van der Waals surface area contributed by atoms with E-state index in [1.54, 1.807) is 6.20 Å². The van der Waals surface area contributed by atoms with Gasteiger partial charge < -0.3 is 17.2 Å². The molecule has 1 aromatic heterocycles. The maximum atomic E-state index is 6.49. The molecular formula is C27H35N7. The molecule has 0 spiro atoms. The van der Waals surface area contributed by atoms with E-state index in [1.165, 1.54) is 0 Å². The Labute approximate surface area is 201 Å². The number of aromatic amines is 1. The van der Waals surface area contributed by atoms with Crippen molar-refractivity contribution in [3.63, 3.8) is 0 Å². The van der Waals surface area contributed by atoms with Crippen molar-refractivity contribution in [3.05, 3.63) is 95.8 Å². The number of rotatable bonds is 9. The minimum Gasteiger partial charge on any atom is -0.397 e. The highest BCUT2D eigenvalue weighted by Crippen LogP contribution is 2.33. The first-order valence-electron chi connectivity index (χ1n) is 11.1. The van der Waals surface area contributed by atoms with Crippen molar-refractivity contribution in [1.29, 1.82) is 0 Å². The lowest BCUT2D eigenvalue weighted by atomic mass is 9.93. The molecule has 1 saturated carbocycles. The molecule has 7 heteroatoms. The predicted octanol–water partition coefficient (Wildman–Crippen LogP) is 4.67. The van der Waals surface area contributed by atoms with E-state index < -0.39 is 0 Å². The fourth-order valence-corrected chi connectivity index (χ4v) is 3.36. The van der Waals surface area contributed by atoms with Crippen molar-refractivity contribution >= 4 is 29.9 Å². The van der Waals surface area contributed by atoms with Gasteiger partial charge in [0.25, 0.3) is 0 Å². The third kappa shape index (κ3) is 6.52. The molecule has 2 unspecified atom stereocenters. The van der Waals surface area contributed by atoms with Gasteiger partial charge in [-0.1, -0.05) is 37.8 Å². The van der Waals surface area contributed by atoms with Crippen LogP contribution in [0.15, 0.2) is 94.6 Å². The summed E-state index contributed by atoms with van der Waals surface area (Å²) >= 11 is 0. The third-order valence-corrected chi connectivity index (χ3v) is 5.42. The Hall–Kier alpha value is -3.97. The van der Waals surface area contributed by atoms with E-state index in [1.807, 2.05) is 49.4 Å². The first kappa shape index (κ1) is 26.3. The van der Waals surface area contributed by atoms with Crippen LogP contribution in [0, 0.1) is 12.8 Å². The number of fused-ring (bicyclic) bond motifs is 1. The molecule has 1 aliphatic carbocycles. The van der Waals surface area contributed by atoms with Gasteiger partial charge in [-0.15, -0.1) is 6.58 Å². The summed E-state index contributed by atoms with van der Waals surface area (Å²) in [6.07, 6.45) is 13.4. The summed E-state index contributed by atoms with van der Waals surface area (Å²) in [5.41, 5.74) is 22.9. The lowest BCUT2D eigenvalue weighted by molar-refractivity contribution is 0.978. The number of benzene rings is 1. The highest BCUT2D eigenvalue weighted by Gasteiger charge is 2.29. The number of aliphatic imine (C=N–C) groups is 2. The summed E-state index contributed by atoms with van der Waals surface area (Å²) < 4.78 is 0. The van der Waals surface area contributed by atoms with Gasteiger partial charge in [0.05, 0.1) is 28.8 Å². The van der Waals surface area contributed by atoms with Gasteiger partial charge >= 0.3 is 0 Å². The van der Waals surface area contributed by atoms with Crippen LogP contribution in [0.4, 0.5) is 0 Å². The number of hydrogen-bond donors (Lipinski definition) is 4. The molecule has 34 heavy (non-hydrogen) atoms. The zero-order valence-electron chi connectivity index (χ0n) is 20.1. The Morgan fingerprint density at radius 3 is 2.47 bits per heavy atom. The number of aromatic nitrogens is 2. The molecule has 3 rings (SSSR count). The van der Waals surface area contributed by atoms with Crippen LogP contribution >= 0.6 is 0 Å². The van der Waals surface area contributed by atoms with Gasteiger partial charge in [0.1, 0.15) is 5.70 Å². The molecule has 0 saturated heterocycles.